The third kappa shape index (κ3) is 5.42. The Morgan fingerprint density at radius 1 is 1.26 bits per heavy atom. The van der Waals surface area contributed by atoms with E-state index in [0.717, 1.165) is 0 Å². The summed E-state index contributed by atoms with van der Waals surface area (Å²) in [5, 5.41) is 7.59. The zero-order chi connectivity index (χ0) is 22.4. The van der Waals surface area contributed by atoms with Gasteiger partial charge in [-0.3, -0.25) is 14.2 Å². The summed E-state index contributed by atoms with van der Waals surface area (Å²) in [6, 6.07) is 5.53. The van der Waals surface area contributed by atoms with Crippen LogP contribution >= 0.6 is 11.3 Å². The normalized spacial score (nSPS) is 12.2. The van der Waals surface area contributed by atoms with Crippen LogP contribution in [0, 0.1) is 0 Å². The summed E-state index contributed by atoms with van der Waals surface area (Å²) >= 11 is 1.64. The monoisotopic (exact) mass is 444 g/mol. The number of rotatable bonds is 10. The van der Waals surface area contributed by atoms with Crippen molar-refractivity contribution in [3.63, 3.8) is 0 Å². The van der Waals surface area contributed by atoms with Gasteiger partial charge in [0.05, 0.1) is 37.5 Å². The molecule has 2 heterocycles. The number of nitrogens with zero attached hydrogens (tertiary/aromatic N) is 3. The Morgan fingerprint density at radius 3 is 2.65 bits per heavy atom. The largest absolute Gasteiger partial charge is 0.493 e. The molecule has 0 aliphatic carbocycles. The molecule has 31 heavy (non-hydrogen) atoms. The number of ether oxygens (including phenoxy) is 2. The van der Waals surface area contributed by atoms with Crippen LogP contribution in [0.15, 0.2) is 40.1 Å². The lowest BCUT2D eigenvalue weighted by Crippen LogP contribution is -2.34. The Labute approximate surface area is 185 Å². The van der Waals surface area contributed by atoms with E-state index in [-0.39, 0.29) is 17.5 Å². The smallest absolute Gasteiger partial charge is 0.261 e. The molecule has 1 amide bonds. The lowest BCUT2D eigenvalue weighted by atomic mass is 10.1. The van der Waals surface area contributed by atoms with E-state index in [1.54, 1.807) is 23.5 Å². The molecule has 9 heteroatoms. The van der Waals surface area contributed by atoms with Gasteiger partial charge in [-0.25, -0.2) is 4.98 Å². The second kappa shape index (κ2) is 10.4. The number of aryl methyl sites for hydroxylation is 1. The highest BCUT2D eigenvalue weighted by molar-refractivity contribution is 7.07. The van der Waals surface area contributed by atoms with Crippen molar-refractivity contribution < 1.29 is 14.3 Å². The molecule has 8 nitrogen and oxygen atoms in total. The Bertz CT molecular complexity index is 1080. The van der Waals surface area contributed by atoms with Crippen molar-refractivity contribution >= 4 is 28.1 Å². The van der Waals surface area contributed by atoms with Crippen molar-refractivity contribution in [3.8, 4) is 11.5 Å². The van der Waals surface area contributed by atoms with Crippen LogP contribution in [0.25, 0.3) is 10.9 Å². The van der Waals surface area contributed by atoms with E-state index in [9.17, 15) is 9.59 Å². The number of hydrogen-bond acceptors (Lipinski definition) is 7. The Morgan fingerprint density at radius 2 is 2.00 bits per heavy atom. The van der Waals surface area contributed by atoms with Crippen molar-refractivity contribution in [2.24, 2.45) is 0 Å². The topological polar surface area (TPSA) is 85.7 Å². The molecule has 0 aliphatic rings. The summed E-state index contributed by atoms with van der Waals surface area (Å²) in [5.41, 5.74) is 1.56. The summed E-state index contributed by atoms with van der Waals surface area (Å²) in [6.45, 7) is 0.951. The molecule has 1 unspecified atom stereocenters. The number of fused-ring (bicyclic) bond motifs is 1. The van der Waals surface area contributed by atoms with Crippen molar-refractivity contribution in [2.75, 3.05) is 34.9 Å². The van der Waals surface area contributed by atoms with Crippen LogP contribution < -0.4 is 20.3 Å². The van der Waals surface area contributed by atoms with Gasteiger partial charge >= 0.3 is 0 Å². The summed E-state index contributed by atoms with van der Waals surface area (Å²) in [6.07, 6.45) is 2.38. The van der Waals surface area contributed by atoms with Gasteiger partial charge in [0.1, 0.15) is 0 Å². The molecule has 2 aromatic heterocycles. The summed E-state index contributed by atoms with van der Waals surface area (Å²) in [7, 11) is 7.06. The SMILES string of the molecule is COc1cc2ncn(CCCC(=O)NCC(c3ccsc3)N(C)C)c(=O)c2cc1OC. The maximum absolute atomic E-state index is 12.8. The fourth-order valence-electron chi connectivity index (χ4n) is 3.42. The third-order valence-electron chi connectivity index (χ3n) is 5.18. The highest BCUT2D eigenvalue weighted by atomic mass is 32.1. The van der Waals surface area contributed by atoms with E-state index >= 15 is 0 Å². The number of methoxy groups -OCH3 is 2. The number of likely N-dealkylation sites (N-methyl/N-ethyl adjacent to an activating group) is 1. The van der Waals surface area contributed by atoms with Crippen molar-refractivity contribution in [1.29, 1.82) is 0 Å². The molecular weight excluding hydrogens is 416 g/mol. The fourth-order valence-corrected chi connectivity index (χ4v) is 4.12. The summed E-state index contributed by atoms with van der Waals surface area (Å²) in [5.74, 6) is 0.970. The van der Waals surface area contributed by atoms with E-state index < -0.39 is 0 Å². The average Bonchev–Trinajstić information content (AvgIpc) is 3.29. The van der Waals surface area contributed by atoms with Gasteiger partial charge in [-0.1, -0.05) is 0 Å². The standard InChI is InChI=1S/C22H28N4O4S/c1-25(2)18(15-7-9-31-13-15)12-23-21(27)6-5-8-26-14-24-17-11-20(30-4)19(29-3)10-16(17)22(26)28/h7,9-11,13-14,18H,5-6,8,12H2,1-4H3,(H,23,27). The van der Waals surface area contributed by atoms with Crippen LogP contribution in [-0.4, -0.2) is 55.2 Å². The van der Waals surface area contributed by atoms with Gasteiger partial charge in [0.15, 0.2) is 11.5 Å². The maximum Gasteiger partial charge on any atom is 0.261 e. The Kier molecular flexibility index (Phi) is 7.64. The van der Waals surface area contributed by atoms with Crippen molar-refractivity contribution in [1.82, 2.24) is 19.8 Å². The first kappa shape index (κ1) is 22.8. The minimum atomic E-state index is -0.170. The van der Waals surface area contributed by atoms with Crippen molar-refractivity contribution in [2.45, 2.75) is 25.4 Å². The number of carbonyl (C=O) groups is 1. The fraction of sp³-hybridized carbons (Fsp3) is 0.409. The molecule has 0 aliphatic heterocycles. The van der Waals surface area contributed by atoms with E-state index in [2.05, 4.69) is 26.6 Å². The molecule has 1 N–H and O–H groups in total. The van der Waals surface area contributed by atoms with Gasteiger partial charge in [-0.05, 0) is 49.0 Å². The predicted octanol–water partition coefficient (Wildman–Crippen LogP) is 2.67. The molecule has 1 aromatic carbocycles. The minimum absolute atomic E-state index is 0.0321. The molecular formula is C22H28N4O4S. The number of aromatic nitrogens is 2. The minimum Gasteiger partial charge on any atom is -0.493 e. The highest BCUT2D eigenvalue weighted by Crippen LogP contribution is 2.29. The number of carbonyl (C=O) groups excluding carboxylic acids is 1. The lowest BCUT2D eigenvalue weighted by Gasteiger charge is -2.24. The molecule has 0 fully saturated rings. The number of nitrogens with one attached hydrogen (secondary N) is 1. The van der Waals surface area contributed by atoms with E-state index in [1.165, 1.54) is 30.7 Å². The summed E-state index contributed by atoms with van der Waals surface area (Å²) in [4.78, 5) is 31.6. The number of hydrogen-bond donors (Lipinski definition) is 1. The lowest BCUT2D eigenvalue weighted by molar-refractivity contribution is -0.121. The summed E-state index contributed by atoms with van der Waals surface area (Å²) < 4.78 is 12.1. The Hall–Kier alpha value is -2.91. The number of benzene rings is 1. The first-order valence-corrected chi connectivity index (χ1v) is 10.9. The van der Waals surface area contributed by atoms with Crippen molar-refractivity contribution in [3.05, 3.63) is 51.2 Å². The average molecular weight is 445 g/mol. The van der Waals surface area contributed by atoms with Gasteiger partial charge < -0.3 is 19.7 Å². The number of amides is 1. The Balaban J connectivity index is 1.59. The highest BCUT2D eigenvalue weighted by Gasteiger charge is 2.16. The van der Waals surface area contributed by atoms with Gasteiger partial charge in [0.25, 0.3) is 5.56 Å². The van der Waals surface area contributed by atoms with Crippen LogP contribution in [0.4, 0.5) is 0 Å². The zero-order valence-corrected chi connectivity index (χ0v) is 19.1. The van der Waals surface area contributed by atoms with Crippen LogP contribution in [0.3, 0.4) is 0 Å². The quantitative estimate of drug-likeness (QED) is 0.518. The molecule has 166 valence electrons. The molecule has 0 saturated heterocycles. The molecule has 1 atom stereocenters. The maximum atomic E-state index is 12.8. The zero-order valence-electron chi connectivity index (χ0n) is 18.3. The van der Waals surface area contributed by atoms with Gasteiger partial charge in [0, 0.05) is 25.6 Å². The molecule has 0 radical (unpaired) electrons. The third-order valence-corrected chi connectivity index (χ3v) is 5.88. The number of thiophene rings is 1. The van der Waals surface area contributed by atoms with E-state index in [0.29, 0.717) is 48.3 Å². The first-order chi connectivity index (χ1) is 14.9. The van der Waals surface area contributed by atoms with Crippen LogP contribution in [0.1, 0.15) is 24.4 Å². The van der Waals surface area contributed by atoms with Gasteiger partial charge in [-0.15, -0.1) is 0 Å². The first-order valence-electron chi connectivity index (χ1n) is 10.0. The van der Waals surface area contributed by atoms with Gasteiger partial charge in [0.2, 0.25) is 5.91 Å². The molecule has 0 saturated carbocycles. The van der Waals surface area contributed by atoms with Crippen LogP contribution in [0.2, 0.25) is 0 Å². The second-order valence-corrected chi connectivity index (χ2v) is 8.19. The van der Waals surface area contributed by atoms with Crippen LogP contribution in [-0.2, 0) is 11.3 Å². The molecule has 3 rings (SSSR count). The molecule has 3 aromatic rings. The predicted molar refractivity (Wildman–Crippen MR) is 122 cm³/mol. The van der Waals surface area contributed by atoms with Gasteiger partial charge in [-0.2, -0.15) is 11.3 Å². The van der Waals surface area contributed by atoms with E-state index in [1.807, 2.05) is 19.5 Å². The molecule has 0 spiro atoms. The van der Waals surface area contributed by atoms with E-state index in [4.69, 9.17) is 9.47 Å². The second-order valence-electron chi connectivity index (χ2n) is 7.41. The molecule has 0 bridgehead atoms. The van der Waals surface area contributed by atoms with Crippen LogP contribution in [0.5, 0.6) is 11.5 Å².